The van der Waals surface area contributed by atoms with Gasteiger partial charge in [-0.2, -0.15) is 0 Å². The van der Waals surface area contributed by atoms with Crippen molar-refractivity contribution in [3.63, 3.8) is 0 Å². The van der Waals surface area contributed by atoms with Crippen molar-refractivity contribution < 1.29 is 0 Å². The highest BCUT2D eigenvalue weighted by Gasteiger charge is 1.94. The summed E-state index contributed by atoms with van der Waals surface area (Å²) in [5.41, 5.74) is 12.2. The molecule has 0 atom stereocenters. The van der Waals surface area contributed by atoms with E-state index in [1.165, 1.54) is 0 Å². The predicted octanol–water partition coefficient (Wildman–Crippen LogP) is -0.183. The third kappa shape index (κ3) is 2.65. The molecule has 0 saturated carbocycles. The molecule has 1 aromatic rings. The average molecular weight is 176 g/mol. The molecule has 0 unspecified atom stereocenters. The zero-order valence-electron chi connectivity index (χ0n) is 7.46. The number of rotatable bonds is 1. The molecule has 0 spiro atoms. The Labute approximate surface area is 77.3 Å². The van der Waals surface area contributed by atoms with Crippen LogP contribution < -0.4 is 16.8 Å². The molecule has 0 aromatic carbocycles. The molecule has 0 aliphatic carbocycles. The molecule has 0 fully saturated rings. The van der Waals surface area contributed by atoms with Gasteiger partial charge >= 0.3 is 0 Å². The highest BCUT2D eigenvalue weighted by Crippen LogP contribution is 2.10. The minimum Gasteiger partial charge on any atom is -0.396 e. The molecule has 4 nitrogen and oxygen atoms in total. The summed E-state index contributed by atoms with van der Waals surface area (Å²) in [4.78, 5) is 3.89. The van der Waals surface area contributed by atoms with Crippen molar-refractivity contribution in [3.05, 3.63) is 17.8 Å². The van der Waals surface area contributed by atoms with Crippen LogP contribution in [0.4, 0.5) is 11.5 Å². The lowest BCUT2D eigenvalue weighted by molar-refractivity contribution is 0.938. The van der Waals surface area contributed by atoms with E-state index in [-0.39, 0.29) is 0 Å². The van der Waals surface area contributed by atoms with Crippen LogP contribution >= 0.6 is 0 Å². The Morgan fingerprint density at radius 2 is 2.31 bits per heavy atom. The Morgan fingerprint density at radius 3 is 2.92 bits per heavy atom. The highest BCUT2D eigenvalue weighted by atomic mass is 14.9. The van der Waals surface area contributed by atoms with E-state index < -0.39 is 0 Å². The summed E-state index contributed by atoms with van der Waals surface area (Å²) in [7, 11) is 1.84. The molecule has 13 heavy (non-hydrogen) atoms. The van der Waals surface area contributed by atoms with Gasteiger partial charge < -0.3 is 16.8 Å². The number of anilines is 2. The lowest BCUT2D eigenvalue weighted by atomic mass is 10.2. The molecule has 5 N–H and O–H groups in total. The van der Waals surface area contributed by atoms with Crippen LogP contribution in [0, 0.1) is 11.8 Å². The van der Waals surface area contributed by atoms with Crippen LogP contribution in [-0.2, 0) is 0 Å². The summed E-state index contributed by atoms with van der Waals surface area (Å²) in [6.45, 7) is 0.643. The summed E-state index contributed by atoms with van der Waals surface area (Å²) in [5.74, 6) is 6.15. The molecule has 0 aliphatic rings. The summed E-state index contributed by atoms with van der Waals surface area (Å²) in [5, 5.41) is 2.91. The number of hydrogen-bond acceptors (Lipinski definition) is 4. The van der Waals surface area contributed by atoms with Crippen LogP contribution in [0.15, 0.2) is 12.3 Å². The fraction of sp³-hybridized carbons (Fsp3) is 0.222. The Kier molecular flexibility index (Phi) is 3.12. The van der Waals surface area contributed by atoms with Crippen molar-refractivity contribution in [2.45, 2.75) is 0 Å². The molecule has 1 rings (SSSR count). The Hall–Kier alpha value is -1.73. The summed E-state index contributed by atoms with van der Waals surface area (Å²) < 4.78 is 0. The average Bonchev–Trinajstić information content (AvgIpc) is 2.12. The summed E-state index contributed by atoms with van der Waals surface area (Å²) in [6.07, 6.45) is 1.61. The van der Waals surface area contributed by atoms with E-state index in [4.69, 9.17) is 11.5 Å². The Bertz CT molecular complexity index is 348. The van der Waals surface area contributed by atoms with E-state index >= 15 is 0 Å². The SMILES string of the molecule is CNCC#Cc1cnc(N)c(N)c1. The van der Waals surface area contributed by atoms with Gasteiger partial charge in [0.2, 0.25) is 0 Å². The first-order chi connectivity index (χ1) is 6.24. The maximum atomic E-state index is 5.55. The number of nitrogens with one attached hydrogen (secondary N) is 1. The molecule has 1 heterocycles. The molecular formula is C9H12N4. The fourth-order valence-corrected chi connectivity index (χ4v) is 0.795. The molecule has 0 bridgehead atoms. The van der Waals surface area contributed by atoms with Crippen molar-refractivity contribution in [2.75, 3.05) is 25.1 Å². The smallest absolute Gasteiger partial charge is 0.146 e. The second kappa shape index (κ2) is 4.33. The zero-order chi connectivity index (χ0) is 9.68. The lowest BCUT2D eigenvalue weighted by Crippen LogP contribution is -2.04. The number of nitrogens with zero attached hydrogens (tertiary/aromatic N) is 1. The van der Waals surface area contributed by atoms with Gasteiger partial charge in [0.25, 0.3) is 0 Å². The summed E-state index contributed by atoms with van der Waals surface area (Å²) in [6, 6.07) is 1.71. The van der Waals surface area contributed by atoms with Crippen LogP contribution in [0.1, 0.15) is 5.56 Å². The van der Waals surface area contributed by atoms with Gasteiger partial charge in [-0.05, 0) is 13.1 Å². The summed E-state index contributed by atoms with van der Waals surface area (Å²) >= 11 is 0. The largest absolute Gasteiger partial charge is 0.396 e. The molecule has 1 aromatic heterocycles. The zero-order valence-corrected chi connectivity index (χ0v) is 7.46. The van der Waals surface area contributed by atoms with Crippen LogP contribution in [0.5, 0.6) is 0 Å². The Balaban J connectivity index is 2.81. The maximum absolute atomic E-state index is 5.55. The van der Waals surface area contributed by atoms with Crippen molar-refractivity contribution in [1.82, 2.24) is 10.3 Å². The second-order valence-electron chi connectivity index (χ2n) is 2.53. The van der Waals surface area contributed by atoms with Crippen LogP contribution in [0.25, 0.3) is 0 Å². The molecule has 0 radical (unpaired) electrons. The first-order valence-electron chi connectivity index (χ1n) is 3.88. The van der Waals surface area contributed by atoms with Gasteiger partial charge in [-0.25, -0.2) is 4.98 Å². The quantitative estimate of drug-likeness (QED) is 0.519. The number of hydrogen-bond donors (Lipinski definition) is 3. The molecule has 0 amide bonds. The molecule has 68 valence electrons. The van der Waals surface area contributed by atoms with Gasteiger partial charge in [0.05, 0.1) is 12.2 Å². The van der Waals surface area contributed by atoms with Gasteiger partial charge in [-0.1, -0.05) is 11.8 Å². The minimum absolute atomic E-state index is 0.346. The normalized spacial score (nSPS) is 9.00. The molecule has 0 aliphatic heterocycles. The van der Waals surface area contributed by atoms with E-state index in [1.54, 1.807) is 12.3 Å². The van der Waals surface area contributed by atoms with E-state index in [9.17, 15) is 0 Å². The number of pyridine rings is 1. The monoisotopic (exact) mass is 176 g/mol. The third-order valence-electron chi connectivity index (χ3n) is 1.45. The third-order valence-corrected chi connectivity index (χ3v) is 1.45. The topological polar surface area (TPSA) is 77.0 Å². The van der Waals surface area contributed by atoms with Crippen LogP contribution in [0.2, 0.25) is 0 Å². The van der Waals surface area contributed by atoms with Gasteiger partial charge in [0.1, 0.15) is 5.82 Å². The first-order valence-corrected chi connectivity index (χ1v) is 3.88. The fourth-order valence-electron chi connectivity index (χ4n) is 0.795. The van der Waals surface area contributed by atoms with Crippen molar-refractivity contribution in [1.29, 1.82) is 0 Å². The number of nitrogen functional groups attached to an aromatic ring is 2. The van der Waals surface area contributed by atoms with Gasteiger partial charge in [0.15, 0.2) is 0 Å². The Morgan fingerprint density at radius 1 is 1.54 bits per heavy atom. The van der Waals surface area contributed by atoms with Gasteiger partial charge in [-0.15, -0.1) is 0 Å². The van der Waals surface area contributed by atoms with Crippen LogP contribution in [-0.4, -0.2) is 18.6 Å². The number of nitrogens with two attached hydrogens (primary N) is 2. The predicted molar refractivity (Wildman–Crippen MR) is 53.9 cm³/mol. The van der Waals surface area contributed by atoms with Crippen LogP contribution in [0.3, 0.4) is 0 Å². The van der Waals surface area contributed by atoms with Gasteiger partial charge in [-0.3, -0.25) is 0 Å². The van der Waals surface area contributed by atoms with E-state index in [0.29, 0.717) is 18.1 Å². The standard InChI is InChI=1S/C9H12N4/c1-12-4-2-3-7-5-8(10)9(11)13-6-7/h5-6,12H,4,10H2,1H3,(H2,11,13). The second-order valence-corrected chi connectivity index (χ2v) is 2.53. The molecule has 4 heteroatoms. The first kappa shape index (κ1) is 9.36. The van der Waals surface area contributed by atoms with E-state index in [2.05, 4.69) is 22.1 Å². The lowest BCUT2D eigenvalue weighted by Gasteiger charge is -1.97. The highest BCUT2D eigenvalue weighted by molar-refractivity contribution is 5.60. The van der Waals surface area contributed by atoms with E-state index in [1.807, 2.05) is 7.05 Å². The van der Waals surface area contributed by atoms with Crippen molar-refractivity contribution in [2.24, 2.45) is 0 Å². The van der Waals surface area contributed by atoms with Crippen molar-refractivity contribution >= 4 is 11.5 Å². The van der Waals surface area contributed by atoms with Crippen molar-refractivity contribution in [3.8, 4) is 11.8 Å². The maximum Gasteiger partial charge on any atom is 0.146 e. The minimum atomic E-state index is 0.346. The number of aromatic nitrogens is 1. The molecule has 0 saturated heterocycles. The molecular weight excluding hydrogens is 164 g/mol. The van der Waals surface area contributed by atoms with Gasteiger partial charge in [0, 0.05) is 11.8 Å². The van der Waals surface area contributed by atoms with E-state index in [0.717, 1.165) is 5.56 Å².